The molecule has 1 aromatic rings. The van der Waals surface area contributed by atoms with Crippen molar-refractivity contribution in [3.63, 3.8) is 0 Å². The first-order valence-electron chi connectivity index (χ1n) is 8.06. The molecule has 23 heavy (non-hydrogen) atoms. The number of rotatable bonds is 7. The van der Waals surface area contributed by atoms with Crippen LogP contribution >= 0.6 is 15.9 Å². The van der Waals surface area contributed by atoms with E-state index in [1.807, 2.05) is 57.2 Å². The lowest BCUT2D eigenvalue weighted by molar-refractivity contribution is -0.157. The van der Waals surface area contributed by atoms with E-state index in [0.29, 0.717) is 12.5 Å². The Balaban J connectivity index is 2.56. The summed E-state index contributed by atoms with van der Waals surface area (Å²) in [6.07, 6.45) is 4.84. The lowest BCUT2D eigenvalue weighted by Gasteiger charge is -2.25. The van der Waals surface area contributed by atoms with E-state index in [4.69, 9.17) is 4.74 Å². The number of hydrogen-bond acceptors (Lipinski definition) is 3. The molecular weight excluding hydrogens is 354 g/mol. The van der Waals surface area contributed by atoms with Crippen molar-refractivity contribution in [1.82, 2.24) is 5.32 Å². The third kappa shape index (κ3) is 8.92. The number of ether oxygens (including phenoxy) is 1. The Kier molecular flexibility index (Phi) is 8.00. The number of benzene rings is 1. The average Bonchev–Trinajstić information content (AvgIpc) is 2.41. The van der Waals surface area contributed by atoms with Crippen molar-refractivity contribution in [3.05, 3.63) is 40.4 Å². The number of halogens is 1. The van der Waals surface area contributed by atoms with Crippen molar-refractivity contribution >= 4 is 28.0 Å². The van der Waals surface area contributed by atoms with Gasteiger partial charge in [-0.3, -0.25) is 4.79 Å². The van der Waals surface area contributed by atoms with E-state index in [1.54, 1.807) is 0 Å². The summed E-state index contributed by atoms with van der Waals surface area (Å²) in [4.78, 5) is 12.3. The molecule has 1 rings (SSSR count). The van der Waals surface area contributed by atoms with Crippen LogP contribution in [0.4, 0.5) is 0 Å². The van der Waals surface area contributed by atoms with Gasteiger partial charge in [-0.25, -0.2) is 0 Å². The van der Waals surface area contributed by atoms with Crippen molar-refractivity contribution in [2.24, 2.45) is 5.92 Å². The third-order valence-electron chi connectivity index (χ3n) is 3.06. The monoisotopic (exact) mass is 381 g/mol. The Morgan fingerprint density at radius 3 is 2.39 bits per heavy atom. The smallest absolute Gasteiger partial charge is 0.323 e. The quantitative estimate of drug-likeness (QED) is 0.688. The highest BCUT2D eigenvalue weighted by Gasteiger charge is 2.25. The molecule has 0 heterocycles. The molecule has 1 aromatic carbocycles. The van der Waals surface area contributed by atoms with Crippen LogP contribution in [0.3, 0.4) is 0 Å². The number of carbonyl (C=O) groups is 1. The summed E-state index contributed by atoms with van der Waals surface area (Å²) in [5.74, 6) is 0.249. The fourth-order valence-corrected chi connectivity index (χ4v) is 2.35. The summed E-state index contributed by atoms with van der Waals surface area (Å²) in [7, 11) is 0. The fraction of sp³-hybridized carbons (Fsp3) is 0.526. The van der Waals surface area contributed by atoms with E-state index in [0.717, 1.165) is 16.5 Å². The molecule has 0 aromatic heterocycles. The predicted molar refractivity (Wildman–Crippen MR) is 100 cm³/mol. The van der Waals surface area contributed by atoms with E-state index in [-0.39, 0.29) is 12.0 Å². The van der Waals surface area contributed by atoms with Gasteiger partial charge in [0.1, 0.15) is 11.6 Å². The zero-order valence-electron chi connectivity index (χ0n) is 14.7. The van der Waals surface area contributed by atoms with Gasteiger partial charge in [-0.15, -0.1) is 0 Å². The van der Waals surface area contributed by atoms with Crippen molar-refractivity contribution in [1.29, 1.82) is 0 Å². The van der Waals surface area contributed by atoms with E-state index < -0.39 is 5.60 Å². The molecule has 128 valence electrons. The number of carbonyl (C=O) groups excluding carboxylic acids is 1. The number of esters is 1. The SMILES string of the molecule is CC(C)CC(NC/C=C/c1ccc(Br)cc1)C(=O)OC(C)(C)C. The highest BCUT2D eigenvalue weighted by molar-refractivity contribution is 9.10. The molecule has 3 nitrogen and oxygen atoms in total. The third-order valence-corrected chi connectivity index (χ3v) is 3.59. The van der Waals surface area contributed by atoms with E-state index in [9.17, 15) is 4.79 Å². The largest absolute Gasteiger partial charge is 0.459 e. The summed E-state index contributed by atoms with van der Waals surface area (Å²) in [6, 6.07) is 7.83. The van der Waals surface area contributed by atoms with Crippen LogP contribution in [0.25, 0.3) is 6.08 Å². The summed E-state index contributed by atoms with van der Waals surface area (Å²) in [5.41, 5.74) is 0.675. The molecule has 1 N–H and O–H groups in total. The van der Waals surface area contributed by atoms with Crippen molar-refractivity contribution in [2.75, 3.05) is 6.54 Å². The minimum Gasteiger partial charge on any atom is -0.459 e. The summed E-state index contributed by atoms with van der Waals surface area (Å²) in [6.45, 7) is 10.5. The van der Waals surface area contributed by atoms with Crippen molar-refractivity contribution in [2.45, 2.75) is 52.7 Å². The van der Waals surface area contributed by atoms with Crippen molar-refractivity contribution in [3.8, 4) is 0 Å². The van der Waals surface area contributed by atoms with Gasteiger partial charge in [0.15, 0.2) is 0 Å². The molecule has 0 amide bonds. The van der Waals surface area contributed by atoms with Gasteiger partial charge >= 0.3 is 5.97 Å². The minimum atomic E-state index is -0.457. The molecule has 4 heteroatoms. The maximum absolute atomic E-state index is 12.3. The maximum Gasteiger partial charge on any atom is 0.323 e. The van der Waals surface area contributed by atoms with E-state index >= 15 is 0 Å². The van der Waals surface area contributed by atoms with Gasteiger partial charge in [0, 0.05) is 11.0 Å². The molecule has 0 aliphatic carbocycles. The first-order valence-corrected chi connectivity index (χ1v) is 8.85. The molecule has 0 spiro atoms. The predicted octanol–water partition coefficient (Wildman–Crippen LogP) is 4.81. The van der Waals surface area contributed by atoms with Crippen LogP contribution in [-0.4, -0.2) is 24.2 Å². The number of nitrogens with one attached hydrogen (secondary N) is 1. The molecule has 0 aliphatic heterocycles. The second kappa shape index (κ2) is 9.24. The van der Waals surface area contributed by atoms with Gasteiger partial charge < -0.3 is 10.1 Å². The number of hydrogen-bond donors (Lipinski definition) is 1. The minimum absolute atomic E-state index is 0.178. The van der Waals surface area contributed by atoms with Gasteiger partial charge in [0.25, 0.3) is 0 Å². The summed E-state index contributed by atoms with van der Waals surface area (Å²) in [5, 5.41) is 3.28. The second-order valence-corrected chi connectivity index (χ2v) is 7.99. The van der Waals surface area contributed by atoms with Crippen LogP contribution in [0.5, 0.6) is 0 Å². The Morgan fingerprint density at radius 1 is 1.26 bits per heavy atom. The Labute approximate surface area is 148 Å². The van der Waals surface area contributed by atoms with Gasteiger partial charge in [-0.2, -0.15) is 0 Å². The molecular formula is C19H28BrNO2. The van der Waals surface area contributed by atoms with Crippen LogP contribution in [0.1, 0.15) is 46.6 Å². The Hall–Kier alpha value is -1.13. The van der Waals surface area contributed by atoms with Crippen LogP contribution in [0, 0.1) is 5.92 Å². The molecule has 1 unspecified atom stereocenters. The van der Waals surface area contributed by atoms with Gasteiger partial charge in [0.05, 0.1) is 0 Å². The zero-order chi connectivity index (χ0) is 17.5. The first kappa shape index (κ1) is 19.9. The molecule has 0 bridgehead atoms. The molecule has 0 aliphatic rings. The lowest BCUT2D eigenvalue weighted by atomic mass is 10.0. The average molecular weight is 382 g/mol. The molecule has 0 saturated heterocycles. The van der Waals surface area contributed by atoms with E-state index in [2.05, 4.69) is 35.1 Å². The molecule has 1 atom stereocenters. The molecule has 0 saturated carbocycles. The highest BCUT2D eigenvalue weighted by atomic mass is 79.9. The van der Waals surface area contributed by atoms with E-state index in [1.165, 1.54) is 0 Å². The lowest BCUT2D eigenvalue weighted by Crippen LogP contribution is -2.42. The molecule has 0 radical (unpaired) electrons. The van der Waals surface area contributed by atoms with Crippen LogP contribution in [0.15, 0.2) is 34.8 Å². The molecule has 0 fully saturated rings. The van der Waals surface area contributed by atoms with Gasteiger partial charge in [-0.05, 0) is 50.8 Å². The highest BCUT2D eigenvalue weighted by Crippen LogP contribution is 2.13. The van der Waals surface area contributed by atoms with Crippen molar-refractivity contribution < 1.29 is 9.53 Å². The topological polar surface area (TPSA) is 38.3 Å². The Morgan fingerprint density at radius 2 is 1.87 bits per heavy atom. The standard InChI is InChI=1S/C19H28BrNO2/c1-14(2)13-17(18(22)23-19(3,4)5)21-12-6-7-15-8-10-16(20)11-9-15/h6-11,14,17,21H,12-13H2,1-5H3/b7-6+. The van der Waals surface area contributed by atoms with Crippen LogP contribution in [0.2, 0.25) is 0 Å². The second-order valence-electron chi connectivity index (χ2n) is 7.08. The maximum atomic E-state index is 12.3. The fourth-order valence-electron chi connectivity index (χ4n) is 2.09. The van der Waals surface area contributed by atoms with Gasteiger partial charge in [-0.1, -0.05) is 54.1 Å². The normalized spacial score (nSPS) is 13.5. The zero-order valence-corrected chi connectivity index (χ0v) is 16.3. The van der Waals surface area contributed by atoms with Crippen LogP contribution in [-0.2, 0) is 9.53 Å². The summed E-state index contributed by atoms with van der Waals surface area (Å²) < 4.78 is 6.56. The summed E-state index contributed by atoms with van der Waals surface area (Å²) >= 11 is 3.42. The van der Waals surface area contributed by atoms with Gasteiger partial charge in [0.2, 0.25) is 0 Å². The first-order chi connectivity index (χ1) is 10.7. The van der Waals surface area contributed by atoms with Crippen LogP contribution < -0.4 is 5.32 Å². The Bertz CT molecular complexity index is 515.